The van der Waals surface area contributed by atoms with E-state index in [2.05, 4.69) is 0 Å². The predicted molar refractivity (Wildman–Crippen MR) is 110 cm³/mol. The largest absolute Gasteiger partial charge is 0.341 e. The first-order chi connectivity index (χ1) is 14.1. The van der Waals surface area contributed by atoms with Crippen molar-refractivity contribution < 1.29 is 14.0 Å². The summed E-state index contributed by atoms with van der Waals surface area (Å²) in [5, 5.41) is 0.920. The molecule has 0 unspecified atom stereocenters. The summed E-state index contributed by atoms with van der Waals surface area (Å²) in [5.41, 5.74) is 1.87. The SMILES string of the molecule is CCN1CCCN(C(=O)c2cc3ccccc3n2Cc2ccccc2F)CC1=O. The second kappa shape index (κ2) is 8.07. The van der Waals surface area contributed by atoms with Gasteiger partial charge in [0.15, 0.2) is 0 Å². The van der Waals surface area contributed by atoms with E-state index in [-0.39, 0.29) is 30.7 Å². The number of rotatable bonds is 4. The Bertz CT molecular complexity index is 1060. The van der Waals surface area contributed by atoms with Crippen molar-refractivity contribution in [2.24, 2.45) is 0 Å². The molecule has 2 heterocycles. The first-order valence-electron chi connectivity index (χ1n) is 9.97. The summed E-state index contributed by atoms with van der Waals surface area (Å²) in [5.74, 6) is -0.522. The lowest BCUT2D eigenvalue weighted by molar-refractivity contribution is -0.130. The zero-order chi connectivity index (χ0) is 20.4. The van der Waals surface area contributed by atoms with Crippen LogP contribution in [0.4, 0.5) is 4.39 Å². The van der Waals surface area contributed by atoms with E-state index >= 15 is 0 Å². The molecule has 0 N–H and O–H groups in total. The van der Waals surface area contributed by atoms with Crippen LogP contribution >= 0.6 is 0 Å². The molecule has 0 aliphatic carbocycles. The number of carbonyl (C=O) groups is 2. The molecule has 6 heteroatoms. The monoisotopic (exact) mass is 393 g/mol. The Kier molecular flexibility index (Phi) is 5.34. The Hall–Kier alpha value is -3.15. The van der Waals surface area contributed by atoms with Crippen LogP contribution < -0.4 is 0 Å². The average Bonchev–Trinajstić information content (AvgIpc) is 2.98. The summed E-state index contributed by atoms with van der Waals surface area (Å²) >= 11 is 0. The maximum atomic E-state index is 14.3. The van der Waals surface area contributed by atoms with Crippen LogP contribution in [0.15, 0.2) is 54.6 Å². The number of hydrogen-bond donors (Lipinski definition) is 0. The Morgan fingerprint density at radius 2 is 1.83 bits per heavy atom. The zero-order valence-electron chi connectivity index (χ0n) is 16.5. The number of hydrogen-bond acceptors (Lipinski definition) is 2. The zero-order valence-corrected chi connectivity index (χ0v) is 16.5. The van der Waals surface area contributed by atoms with Gasteiger partial charge in [-0.15, -0.1) is 0 Å². The minimum absolute atomic E-state index is 0.0323. The number of aromatic nitrogens is 1. The van der Waals surface area contributed by atoms with Crippen molar-refractivity contribution in [1.82, 2.24) is 14.4 Å². The Balaban J connectivity index is 1.72. The summed E-state index contributed by atoms with van der Waals surface area (Å²) in [6.45, 7) is 4.12. The molecule has 2 amide bonds. The standard InChI is InChI=1S/C23H24FN3O2/c1-2-25-12-7-13-26(16-22(25)28)23(29)21-14-17-8-4-6-11-20(17)27(21)15-18-9-3-5-10-19(18)24/h3-6,8-11,14H,2,7,12-13,15-16H2,1H3. The minimum atomic E-state index is -0.299. The van der Waals surface area contributed by atoms with Gasteiger partial charge in [0.05, 0.1) is 6.54 Å². The van der Waals surface area contributed by atoms with E-state index in [9.17, 15) is 14.0 Å². The van der Waals surface area contributed by atoms with Gasteiger partial charge in [0, 0.05) is 36.1 Å². The van der Waals surface area contributed by atoms with Crippen LogP contribution in [0.25, 0.3) is 10.9 Å². The van der Waals surface area contributed by atoms with Crippen molar-refractivity contribution in [3.63, 3.8) is 0 Å². The fraction of sp³-hybridized carbons (Fsp3) is 0.304. The molecule has 4 rings (SSSR count). The lowest BCUT2D eigenvalue weighted by Crippen LogP contribution is -2.40. The first kappa shape index (κ1) is 19.2. The van der Waals surface area contributed by atoms with Gasteiger partial charge in [-0.2, -0.15) is 0 Å². The fourth-order valence-corrected chi connectivity index (χ4v) is 3.94. The third-order valence-corrected chi connectivity index (χ3v) is 5.52. The Labute approximate surface area is 169 Å². The van der Waals surface area contributed by atoms with Gasteiger partial charge in [-0.25, -0.2) is 4.39 Å². The van der Waals surface area contributed by atoms with Crippen LogP contribution in [0.3, 0.4) is 0 Å². The highest BCUT2D eigenvalue weighted by molar-refractivity contribution is 6.00. The van der Waals surface area contributed by atoms with Crippen LogP contribution in [0, 0.1) is 5.82 Å². The number of nitrogens with zero attached hydrogens (tertiary/aromatic N) is 3. The van der Waals surface area contributed by atoms with Gasteiger partial charge < -0.3 is 14.4 Å². The molecule has 0 bridgehead atoms. The molecule has 0 saturated carbocycles. The van der Waals surface area contributed by atoms with Crippen molar-refractivity contribution in [2.75, 3.05) is 26.2 Å². The van der Waals surface area contributed by atoms with E-state index in [1.807, 2.05) is 41.8 Å². The second-order valence-corrected chi connectivity index (χ2v) is 7.32. The molecule has 1 saturated heterocycles. The van der Waals surface area contributed by atoms with Gasteiger partial charge in [-0.05, 0) is 31.5 Å². The summed E-state index contributed by atoms with van der Waals surface area (Å²) in [6.07, 6.45) is 0.749. The molecule has 29 heavy (non-hydrogen) atoms. The summed E-state index contributed by atoms with van der Waals surface area (Å²) in [6, 6.07) is 16.1. The molecule has 1 fully saturated rings. The molecule has 1 aromatic heterocycles. The second-order valence-electron chi connectivity index (χ2n) is 7.32. The number of fused-ring (bicyclic) bond motifs is 1. The van der Waals surface area contributed by atoms with Crippen molar-refractivity contribution >= 4 is 22.7 Å². The van der Waals surface area contributed by atoms with Crippen molar-refractivity contribution in [1.29, 1.82) is 0 Å². The highest BCUT2D eigenvalue weighted by Gasteiger charge is 2.27. The van der Waals surface area contributed by atoms with E-state index in [1.54, 1.807) is 28.0 Å². The Morgan fingerprint density at radius 1 is 1.07 bits per heavy atom. The third kappa shape index (κ3) is 3.75. The molecule has 5 nitrogen and oxygen atoms in total. The van der Waals surface area contributed by atoms with Crippen LogP contribution in [0.1, 0.15) is 29.4 Å². The summed E-state index contributed by atoms with van der Waals surface area (Å²) in [4.78, 5) is 29.3. The maximum Gasteiger partial charge on any atom is 0.270 e. The fourth-order valence-electron chi connectivity index (χ4n) is 3.94. The van der Waals surface area contributed by atoms with Gasteiger partial charge in [-0.1, -0.05) is 36.4 Å². The highest BCUT2D eigenvalue weighted by Crippen LogP contribution is 2.24. The van der Waals surface area contributed by atoms with Gasteiger partial charge in [0.1, 0.15) is 18.1 Å². The molecule has 1 aliphatic rings. The highest BCUT2D eigenvalue weighted by atomic mass is 19.1. The number of para-hydroxylation sites is 1. The van der Waals surface area contributed by atoms with Gasteiger partial charge in [0.25, 0.3) is 5.91 Å². The molecule has 150 valence electrons. The minimum Gasteiger partial charge on any atom is -0.341 e. The summed E-state index contributed by atoms with van der Waals surface area (Å²) in [7, 11) is 0. The quantitative estimate of drug-likeness (QED) is 0.681. The van der Waals surface area contributed by atoms with E-state index in [1.165, 1.54) is 6.07 Å². The summed E-state index contributed by atoms with van der Waals surface area (Å²) < 4.78 is 16.1. The van der Waals surface area contributed by atoms with E-state index in [0.717, 1.165) is 17.3 Å². The number of benzene rings is 2. The molecule has 1 aliphatic heterocycles. The predicted octanol–water partition coefficient (Wildman–Crippen LogP) is 3.52. The van der Waals surface area contributed by atoms with Crippen molar-refractivity contribution in [3.05, 3.63) is 71.7 Å². The lowest BCUT2D eigenvalue weighted by atomic mass is 10.2. The molecular weight excluding hydrogens is 369 g/mol. The molecule has 2 aromatic carbocycles. The Morgan fingerprint density at radius 3 is 2.62 bits per heavy atom. The van der Waals surface area contributed by atoms with E-state index < -0.39 is 0 Å². The normalized spacial score (nSPS) is 15.0. The van der Waals surface area contributed by atoms with Crippen LogP contribution in [-0.4, -0.2) is 52.4 Å². The smallest absolute Gasteiger partial charge is 0.270 e. The van der Waals surface area contributed by atoms with E-state index in [0.29, 0.717) is 30.9 Å². The van der Waals surface area contributed by atoms with Crippen LogP contribution in [0.2, 0.25) is 0 Å². The lowest BCUT2D eigenvalue weighted by Gasteiger charge is -2.22. The molecular formula is C23H24FN3O2. The third-order valence-electron chi connectivity index (χ3n) is 5.52. The number of carbonyl (C=O) groups excluding carboxylic acids is 2. The van der Waals surface area contributed by atoms with Gasteiger partial charge in [0.2, 0.25) is 5.91 Å². The number of likely N-dealkylation sites (N-methyl/N-ethyl adjacent to an activating group) is 1. The molecule has 0 atom stereocenters. The van der Waals surface area contributed by atoms with Crippen molar-refractivity contribution in [2.45, 2.75) is 19.9 Å². The molecule has 3 aromatic rings. The number of amides is 2. The van der Waals surface area contributed by atoms with E-state index in [4.69, 9.17) is 0 Å². The average molecular weight is 393 g/mol. The van der Waals surface area contributed by atoms with Crippen LogP contribution in [-0.2, 0) is 11.3 Å². The van der Waals surface area contributed by atoms with Gasteiger partial charge >= 0.3 is 0 Å². The molecule has 0 spiro atoms. The molecule has 0 radical (unpaired) electrons. The maximum absolute atomic E-state index is 14.3. The first-order valence-corrected chi connectivity index (χ1v) is 9.97. The number of halogens is 1. The topological polar surface area (TPSA) is 45.5 Å². The van der Waals surface area contributed by atoms with Crippen molar-refractivity contribution in [3.8, 4) is 0 Å². The van der Waals surface area contributed by atoms with Crippen LogP contribution in [0.5, 0.6) is 0 Å². The van der Waals surface area contributed by atoms with Gasteiger partial charge in [-0.3, -0.25) is 9.59 Å².